The molecule has 0 aliphatic carbocycles. The molecule has 1 nitrogen and oxygen atoms in total. The van der Waals surface area contributed by atoms with Gasteiger partial charge in [0.25, 0.3) is 0 Å². The molecule has 0 amide bonds. The van der Waals surface area contributed by atoms with Crippen LogP contribution in [0.25, 0.3) is 219 Å². The average molecular weight is 1430 g/mol. The van der Waals surface area contributed by atoms with E-state index in [4.69, 9.17) is 4.42 Å². The Morgan fingerprint density at radius 2 is 0.398 bits per heavy atom. The Bertz CT molecular complexity index is 7460. The maximum absolute atomic E-state index is 6.27. The number of rotatable bonds is 8. The van der Waals surface area contributed by atoms with Crippen molar-refractivity contribution in [1.29, 1.82) is 0 Å². The summed E-state index contributed by atoms with van der Waals surface area (Å²) in [5.41, 5.74) is 22.0. The van der Waals surface area contributed by atoms with Crippen LogP contribution in [-0.2, 0) is 0 Å². The normalized spacial score (nSPS) is 11.5. The van der Waals surface area contributed by atoms with Crippen molar-refractivity contribution in [3.8, 4) is 89.0 Å². The first kappa shape index (κ1) is 66.4. The Hall–Kier alpha value is -14.8. The molecule has 0 aliphatic heterocycles. The lowest BCUT2D eigenvalue weighted by Gasteiger charge is -2.18. The van der Waals surface area contributed by atoms with Crippen LogP contribution in [-0.4, -0.2) is 0 Å². The summed E-state index contributed by atoms with van der Waals surface area (Å²) in [6.07, 6.45) is 0. The van der Waals surface area contributed by atoms with Gasteiger partial charge in [-0.15, -0.1) is 0 Å². The van der Waals surface area contributed by atoms with E-state index in [0.29, 0.717) is 0 Å². The Labute approximate surface area is 655 Å². The second kappa shape index (κ2) is 28.3. The molecule has 22 aromatic carbocycles. The highest BCUT2D eigenvalue weighted by molar-refractivity contribution is 6.26. The van der Waals surface area contributed by atoms with Crippen LogP contribution in [0.5, 0.6) is 0 Å². The molecule has 526 valence electrons. The number of hydrogen-bond donors (Lipinski definition) is 0. The second-order valence-corrected chi connectivity index (χ2v) is 29.5. The lowest BCUT2D eigenvalue weighted by molar-refractivity contribution is 0.669. The number of furan rings is 1. The van der Waals surface area contributed by atoms with Gasteiger partial charge in [-0.2, -0.15) is 0 Å². The Kier molecular flexibility index (Phi) is 16.7. The van der Waals surface area contributed by atoms with E-state index in [1.54, 1.807) is 0 Å². The van der Waals surface area contributed by atoms with Crippen LogP contribution in [0.2, 0.25) is 0 Å². The minimum atomic E-state index is 0.917. The van der Waals surface area contributed by atoms with E-state index in [2.05, 4.69) is 437 Å². The topological polar surface area (TPSA) is 13.1 Å². The van der Waals surface area contributed by atoms with Gasteiger partial charge in [0.05, 0.1) is 0 Å². The van der Waals surface area contributed by atoms with Gasteiger partial charge in [0.15, 0.2) is 0 Å². The number of fused-ring (bicyclic) bond motifs is 13. The van der Waals surface area contributed by atoms with Crippen molar-refractivity contribution in [3.63, 3.8) is 0 Å². The van der Waals surface area contributed by atoms with Crippen molar-refractivity contribution in [2.75, 3.05) is 0 Å². The van der Waals surface area contributed by atoms with Crippen molar-refractivity contribution in [2.24, 2.45) is 0 Å². The molecule has 0 unspecified atom stereocenters. The second-order valence-electron chi connectivity index (χ2n) is 29.5. The highest BCUT2D eigenvalue weighted by Crippen LogP contribution is 2.49. The SMILES string of the molecule is c1ccc(-c2c3ccccc3c(-c3ccc(-c4cccc5ccccc45)cc3)c3ccccc23)cc1.c1ccc(-c2c3ccccc3c(-c3cccc4ccccc34)c3ccccc23)cc1.c1ccc2cc(-c3c4ccccc4c(-c4ccc(-c5ccc6oc7cc8ccccc8cc7c6c5)cc4)c4ccccc34)ccc2c1. The molecule has 23 rings (SSSR count). The van der Waals surface area contributed by atoms with Gasteiger partial charge < -0.3 is 4.42 Å². The standard InChI is InChI=1S/C46H28O.C36H24.C30H20/c1-2-10-32-25-36(22-19-29(32)9-1)46-39-15-7-5-13-37(39)45(38-14-6-8-16-40(38)46)31-20-17-30(18-21-31)35-23-24-43-41(27-35)42-26-33-11-3-4-12-34(33)28-44(42)47-43;1-2-12-27(13-3-1)35-31-16-6-8-18-33(31)36(34-19-9-7-17-32(34)35)28-23-21-26(22-24-28)30-20-10-14-25-11-4-5-15-29(25)30;1-2-12-22(13-3-1)29-25-16-6-8-18-27(25)30(28-19-9-7-17-26(28)29)24-20-10-14-21-11-4-5-15-23(21)24/h1-28H;1-24H;1-20H. The smallest absolute Gasteiger partial charge is 0.136 e. The van der Waals surface area contributed by atoms with Gasteiger partial charge >= 0.3 is 0 Å². The summed E-state index contributed by atoms with van der Waals surface area (Å²) in [6, 6.07) is 158. The predicted octanol–water partition coefficient (Wildman–Crippen LogP) is 31.8. The van der Waals surface area contributed by atoms with Gasteiger partial charge in [-0.3, -0.25) is 0 Å². The molecule has 1 heterocycles. The Balaban J connectivity index is 0.000000110. The minimum absolute atomic E-state index is 0.917. The van der Waals surface area contributed by atoms with Crippen molar-refractivity contribution >= 4 is 130 Å². The summed E-state index contributed by atoms with van der Waals surface area (Å²) in [7, 11) is 0. The molecule has 1 heteroatoms. The van der Waals surface area contributed by atoms with Gasteiger partial charge in [0, 0.05) is 10.8 Å². The lowest BCUT2D eigenvalue weighted by Crippen LogP contribution is -1.91. The predicted molar refractivity (Wildman–Crippen MR) is 485 cm³/mol. The summed E-state index contributed by atoms with van der Waals surface area (Å²) in [5.74, 6) is 0. The van der Waals surface area contributed by atoms with Gasteiger partial charge in [0.2, 0.25) is 0 Å². The third-order valence-corrected chi connectivity index (χ3v) is 23.1. The first-order valence-corrected chi connectivity index (χ1v) is 39.0. The molecule has 0 spiro atoms. The fourth-order valence-corrected chi connectivity index (χ4v) is 18.0. The highest BCUT2D eigenvalue weighted by atomic mass is 16.3. The van der Waals surface area contributed by atoms with Gasteiger partial charge in [-0.1, -0.05) is 406 Å². The fraction of sp³-hybridized carbons (Fsp3) is 0. The molecule has 113 heavy (non-hydrogen) atoms. The molecule has 0 atom stereocenters. The maximum Gasteiger partial charge on any atom is 0.136 e. The van der Waals surface area contributed by atoms with E-state index in [1.165, 1.54) is 197 Å². The van der Waals surface area contributed by atoms with Gasteiger partial charge in [0.1, 0.15) is 11.2 Å². The highest BCUT2D eigenvalue weighted by Gasteiger charge is 2.22. The third kappa shape index (κ3) is 11.8. The van der Waals surface area contributed by atoms with Crippen LogP contribution in [0.15, 0.2) is 441 Å². The zero-order chi connectivity index (χ0) is 74.7. The van der Waals surface area contributed by atoms with Crippen LogP contribution in [0.3, 0.4) is 0 Å². The molecule has 0 radical (unpaired) electrons. The van der Waals surface area contributed by atoms with Crippen LogP contribution in [0.4, 0.5) is 0 Å². The first-order valence-electron chi connectivity index (χ1n) is 39.0. The van der Waals surface area contributed by atoms with Crippen LogP contribution in [0, 0.1) is 0 Å². The molecule has 0 fully saturated rings. The molecule has 0 N–H and O–H groups in total. The molecule has 0 saturated heterocycles. The van der Waals surface area contributed by atoms with E-state index in [9.17, 15) is 0 Å². The summed E-state index contributed by atoms with van der Waals surface area (Å²) >= 11 is 0. The van der Waals surface area contributed by atoms with Crippen LogP contribution in [0.1, 0.15) is 0 Å². The molecule has 23 aromatic rings. The van der Waals surface area contributed by atoms with E-state index < -0.39 is 0 Å². The van der Waals surface area contributed by atoms with E-state index in [0.717, 1.165) is 21.9 Å². The third-order valence-electron chi connectivity index (χ3n) is 23.1. The van der Waals surface area contributed by atoms with E-state index in [1.807, 2.05) is 0 Å². The van der Waals surface area contributed by atoms with Gasteiger partial charge in [-0.25, -0.2) is 0 Å². The molecule has 0 bridgehead atoms. The van der Waals surface area contributed by atoms with E-state index >= 15 is 0 Å². The summed E-state index contributed by atoms with van der Waals surface area (Å²) in [4.78, 5) is 0. The Morgan fingerprint density at radius 3 is 0.841 bits per heavy atom. The van der Waals surface area contributed by atoms with Crippen LogP contribution >= 0.6 is 0 Å². The zero-order valence-electron chi connectivity index (χ0n) is 62.0. The zero-order valence-corrected chi connectivity index (χ0v) is 62.0. The number of hydrogen-bond acceptors (Lipinski definition) is 1. The summed E-state index contributed by atoms with van der Waals surface area (Å²) in [5, 5.41) is 27.8. The Morgan fingerprint density at radius 1 is 0.115 bits per heavy atom. The van der Waals surface area contributed by atoms with Crippen LogP contribution < -0.4 is 0 Å². The van der Waals surface area contributed by atoms with Crippen molar-refractivity contribution in [2.45, 2.75) is 0 Å². The van der Waals surface area contributed by atoms with Crippen molar-refractivity contribution in [1.82, 2.24) is 0 Å². The maximum atomic E-state index is 6.27. The molecule has 0 aliphatic rings. The average Bonchev–Trinajstić information content (AvgIpc) is 1.44. The quantitative estimate of drug-likeness (QED) is 0.138. The molecule has 0 saturated carbocycles. The molecular formula is C112H72O. The summed E-state index contributed by atoms with van der Waals surface area (Å²) < 4.78 is 6.27. The largest absolute Gasteiger partial charge is 0.456 e. The minimum Gasteiger partial charge on any atom is -0.456 e. The molecular weight excluding hydrogens is 1360 g/mol. The van der Waals surface area contributed by atoms with Crippen molar-refractivity contribution in [3.05, 3.63) is 437 Å². The molecule has 1 aromatic heterocycles. The van der Waals surface area contributed by atoms with Crippen molar-refractivity contribution < 1.29 is 4.42 Å². The first-order chi connectivity index (χ1) is 56.1. The fourth-order valence-electron chi connectivity index (χ4n) is 18.0. The number of benzene rings is 22. The lowest BCUT2D eigenvalue weighted by atomic mass is 9.85. The summed E-state index contributed by atoms with van der Waals surface area (Å²) in [6.45, 7) is 0. The monoisotopic (exact) mass is 1430 g/mol. The van der Waals surface area contributed by atoms with Gasteiger partial charge in [-0.05, 0) is 227 Å². The van der Waals surface area contributed by atoms with E-state index in [-0.39, 0.29) is 0 Å².